The second kappa shape index (κ2) is 5.56. The molecule has 0 spiro atoms. The Morgan fingerprint density at radius 2 is 1.94 bits per heavy atom. The number of hydrogen-bond donors (Lipinski definition) is 2. The van der Waals surface area contributed by atoms with Crippen molar-refractivity contribution in [1.82, 2.24) is 5.32 Å². The van der Waals surface area contributed by atoms with E-state index in [0.29, 0.717) is 19.4 Å². The van der Waals surface area contributed by atoms with Crippen molar-refractivity contribution in [1.29, 1.82) is 0 Å². The molecule has 0 aromatic heterocycles. The number of amides is 1. The fourth-order valence-electron chi connectivity index (χ4n) is 1.88. The third kappa shape index (κ3) is 3.23. The predicted octanol–water partition coefficient (Wildman–Crippen LogP) is 1.56. The van der Waals surface area contributed by atoms with E-state index in [1.807, 2.05) is 30.3 Å². The van der Waals surface area contributed by atoms with E-state index in [1.165, 1.54) is 0 Å². The molecule has 1 saturated heterocycles. The minimum absolute atomic E-state index is 0.235. The van der Waals surface area contributed by atoms with Crippen molar-refractivity contribution < 1.29 is 9.90 Å². The van der Waals surface area contributed by atoms with Crippen LogP contribution in [0, 0.1) is 0 Å². The number of thioether (sulfide) groups is 1. The number of rotatable bonds is 3. The highest BCUT2D eigenvalue weighted by atomic mass is 32.2. The van der Waals surface area contributed by atoms with Gasteiger partial charge in [-0.1, -0.05) is 30.3 Å². The molecule has 4 heteroatoms. The lowest BCUT2D eigenvalue weighted by Gasteiger charge is -2.30. The molecule has 3 nitrogen and oxygen atoms in total. The lowest BCUT2D eigenvalue weighted by atomic mass is 9.96. The summed E-state index contributed by atoms with van der Waals surface area (Å²) in [7, 11) is 0. The second-order valence-corrected chi connectivity index (χ2v) is 5.54. The van der Waals surface area contributed by atoms with Crippen molar-refractivity contribution >= 4 is 17.7 Å². The minimum atomic E-state index is -1.15. The Morgan fingerprint density at radius 1 is 1.29 bits per heavy atom. The molecular formula is C13H17NO2S. The summed E-state index contributed by atoms with van der Waals surface area (Å²) in [6.07, 6.45) is 1.11. The number of aliphatic hydroxyl groups is 1. The van der Waals surface area contributed by atoms with E-state index in [4.69, 9.17) is 0 Å². The van der Waals surface area contributed by atoms with E-state index in [9.17, 15) is 9.90 Å². The van der Waals surface area contributed by atoms with Crippen LogP contribution in [0.25, 0.3) is 0 Å². The number of nitrogens with one attached hydrogen (secondary N) is 1. The molecular weight excluding hydrogens is 234 g/mol. The van der Waals surface area contributed by atoms with Crippen molar-refractivity contribution in [2.24, 2.45) is 0 Å². The zero-order valence-corrected chi connectivity index (χ0v) is 10.5. The molecule has 1 fully saturated rings. The molecule has 1 aromatic carbocycles. The molecule has 2 rings (SSSR count). The standard InChI is InChI=1S/C13H17NO2S/c15-12(13(16)6-8-17-9-7-13)14-10-11-4-2-1-3-5-11/h1-5,16H,6-10H2,(H,14,15). The maximum absolute atomic E-state index is 11.9. The summed E-state index contributed by atoms with van der Waals surface area (Å²) in [4.78, 5) is 11.9. The molecule has 1 heterocycles. The van der Waals surface area contributed by atoms with Gasteiger partial charge < -0.3 is 10.4 Å². The Bertz CT molecular complexity index is 374. The van der Waals surface area contributed by atoms with Crippen molar-refractivity contribution in [3.63, 3.8) is 0 Å². The van der Waals surface area contributed by atoms with Crippen LogP contribution in [0.1, 0.15) is 18.4 Å². The van der Waals surface area contributed by atoms with Crippen LogP contribution in [0.15, 0.2) is 30.3 Å². The van der Waals surface area contributed by atoms with Crippen molar-refractivity contribution in [2.75, 3.05) is 11.5 Å². The molecule has 0 radical (unpaired) electrons. The minimum Gasteiger partial charge on any atom is -0.380 e. The first-order valence-corrected chi connectivity index (χ1v) is 6.98. The van der Waals surface area contributed by atoms with Gasteiger partial charge in [-0.15, -0.1) is 0 Å². The van der Waals surface area contributed by atoms with Gasteiger partial charge in [0, 0.05) is 6.54 Å². The fourth-order valence-corrected chi connectivity index (χ4v) is 3.05. The van der Waals surface area contributed by atoms with Crippen LogP contribution in [0.3, 0.4) is 0 Å². The Hall–Kier alpha value is -1.00. The average molecular weight is 251 g/mol. The van der Waals surface area contributed by atoms with E-state index in [-0.39, 0.29) is 5.91 Å². The van der Waals surface area contributed by atoms with Crippen LogP contribution in [0.5, 0.6) is 0 Å². The zero-order valence-electron chi connectivity index (χ0n) is 9.69. The Balaban J connectivity index is 1.88. The molecule has 2 N–H and O–H groups in total. The average Bonchev–Trinajstić information content (AvgIpc) is 2.38. The van der Waals surface area contributed by atoms with Gasteiger partial charge in [0.25, 0.3) is 5.91 Å². The number of benzene rings is 1. The summed E-state index contributed by atoms with van der Waals surface area (Å²) in [5.74, 6) is 1.48. The molecule has 0 saturated carbocycles. The van der Waals surface area contributed by atoms with Crippen molar-refractivity contribution in [3.8, 4) is 0 Å². The van der Waals surface area contributed by atoms with Gasteiger partial charge in [0.05, 0.1) is 0 Å². The van der Waals surface area contributed by atoms with Gasteiger partial charge in [0.15, 0.2) is 0 Å². The van der Waals surface area contributed by atoms with Gasteiger partial charge in [0.2, 0.25) is 0 Å². The van der Waals surface area contributed by atoms with Crippen LogP contribution >= 0.6 is 11.8 Å². The molecule has 0 bridgehead atoms. The lowest BCUT2D eigenvalue weighted by molar-refractivity contribution is -0.140. The Morgan fingerprint density at radius 3 is 2.59 bits per heavy atom. The third-order valence-corrected chi connectivity index (χ3v) is 4.02. The molecule has 1 aliphatic heterocycles. The van der Waals surface area contributed by atoms with E-state index >= 15 is 0 Å². The Kier molecular flexibility index (Phi) is 4.07. The number of carbonyl (C=O) groups is 1. The molecule has 17 heavy (non-hydrogen) atoms. The lowest BCUT2D eigenvalue weighted by Crippen LogP contribution is -2.48. The number of hydrogen-bond acceptors (Lipinski definition) is 3. The topological polar surface area (TPSA) is 49.3 Å². The number of carbonyl (C=O) groups excluding carboxylic acids is 1. The highest BCUT2D eigenvalue weighted by molar-refractivity contribution is 7.99. The van der Waals surface area contributed by atoms with E-state index < -0.39 is 5.60 Å². The molecule has 92 valence electrons. The Labute approximate surface area is 106 Å². The highest BCUT2D eigenvalue weighted by Crippen LogP contribution is 2.27. The van der Waals surface area contributed by atoms with E-state index in [2.05, 4.69) is 5.32 Å². The first-order chi connectivity index (χ1) is 8.21. The molecule has 0 atom stereocenters. The smallest absolute Gasteiger partial charge is 0.252 e. The monoisotopic (exact) mass is 251 g/mol. The van der Waals surface area contributed by atoms with Gasteiger partial charge in [-0.05, 0) is 29.9 Å². The highest BCUT2D eigenvalue weighted by Gasteiger charge is 2.36. The summed E-state index contributed by atoms with van der Waals surface area (Å²) >= 11 is 1.79. The summed E-state index contributed by atoms with van der Waals surface area (Å²) in [5, 5.41) is 13.0. The van der Waals surface area contributed by atoms with Gasteiger partial charge >= 0.3 is 0 Å². The van der Waals surface area contributed by atoms with Gasteiger partial charge in [0.1, 0.15) is 5.60 Å². The summed E-state index contributed by atoms with van der Waals surface area (Å²) in [5.41, 5.74) is -0.102. The second-order valence-electron chi connectivity index (χ2n) is 4.31. The SMILES string of the molecule is O=C(NCc1ccccc1)C1(O)CCSCC1. The first-order valence-electron chi connectivity index (χ1n) is 5.83. The first kappa shape index (κ1) is 12.5. The molecule has 1 amide bonds. The predicted molar refractivity (Wildman–Crippen MR) is 69.8 cm³/mol. The molecule has 1 aromatic rings. The maximum atomic E-state index is 11.9. The van der Waals surface area contributed by atoms with E-state index in [0.717, 1.165) is 17.1 Å². The summed E-state index contributed by atoms with van der Waals surface area (Å²) < 4.78 is 0. The van der Waals surface area contributed by atoms with Gasteiger partial charge in [-0.2, -0.15) is 11.8 Å². The van der Waals surface area contributed by atoms with Crippen molar-refractivity contribution in [3.05, 3.63) is 35.9 Å². The quantitative estimate of drug-likeness (QED) is 0.857. The summed E-state index contributed by atoms with van der Waals surface area (Å²) in [6.45, 7) is 0.481. The van der Waals surface area contributed by atoms with Crippen molar-refractivity contribution in [2.45, 2.75) is 25.0 Å². The van der Waals surface area contributed by atoms with Crippen LogP contribution in [0.2, 0.25) is 0 Å². The molecule has 0 aliphatic carbocycles. The molecule has 0 unspecified atom stereocenters. The van der Waals surface area contributed by atoms with Gasteiger partial charge in [-0.25, -0.2) is 0 Å². The molecule has 1 aliphatic rings. The van der Waals surface area contributed by atoms with Crippen LogP contribution in [0.4, 0.5) is 0 Å². The van der Waals surface area contributed by atoms with E-state index in [1.54, 1.807) is 11.8 Å². The van der Waals surface area contributed by atoms with Crippen LogP contribution in [-0.4, -0.2) is 28.1 Å². The largest absolute Gasteiger partial charge is 0.380 e. The van der Waals surface area contributed by atoms with Crippen LogP contribution < -0.4 is 5.32 Å². The zero-order chi connectivity index (χ0) is 12.1. The maximum Gasteiger partial charge on any atom is 0.252 e. The van der Waals surface area contributed by atoms with Gasteiger partial charge in [-0.3, -0.25) is 4.79 Å². The fraction of sp³-hybridized carbons (Fsp3) is 0.462. The van der Waals surface area contributed by atoms with Crippen LogP contribution in [-0.2, 0) is 11.3 Å². The normalized spacial score (nSPS) is 18.6. The third-order valence-electron chi connectivity index (χ3n) is 3.04. The summed E-state index contributed by atoms with van der Waals surface area (Å²) in [6, 6.07) is 9.74.